The molecule has 0 N–H and O–H groups in total. The molecule has 1 unspecified atom stereocenters. The molecule has 0 aliphatic carbocycles. The van der Waals surface area contributed by atoms with Crippen molar-refractivity contribution in [2.45, 2.75) is 18.2 Å². The SMILES string of the molecule is Cc1ccc(C(Br)Cc2ccccc2F)c(Cl)c1. The Morgan fingerprint density at radius 3 is 2.61 bits per heavy atom. The molecule has 0 saturated heterocycles. The summed E-state index contributed by atoms with van der Waals surface area (Å²) < 4.78 is 13.6. The van der Waals surface area contributed by atoms with Gasteiger partial charge in [0.15, 0.2) is 0 Å². The van der Waals surface area contributed by atoms with E-state index in [1.807, 2.05) is 31.2 Å². The van der Waals surface area contributed by atoms with Crippen molar-refractivity contribution in [1.82, 2.24) is 0 Å². The quantitative estimate of drug-likeness (QED) is 0.656. The van der Waals surface area contributed by atoms with Crippen molar-refractivity contribution >= 4 is 27.5 Å². The molecule has 0 nitrogen and oxygen atoms in total. The Morgan fingerprint density at radius 1 is 1.22 bits per heavy atom. The monoisotopic (exact) mass is 326 g/mol. The maximum atomic E-state index is 13.6. The van der Waals surface area contributed by atoms with Crippen LogP contribution >= 0.6 is 27.5 Å². The first-order chi connectivity index (χ1) is 8.58. The van der Waals surface area contributed by atoms with Gasteiger partial charge in [-0.15, -0.1) is 0 Å². The van der Waals surface area contributed by atoms with E-state index >= 15 is 0 Å². The van der Waals surface area contributed by atoms with Crippen LogP contribution in [0.1, 0.15) is 21.5 Å². The van der Waals surface area contributed by atoms with Crippen LogP contribution in [0.3, 0.4) is 0 Å². The van der Waals surface area contributed by atoms with Crippen molar-refractivity contribution in [1.29, 1.82) is 0 Å². The molecule has 0 radical (unpaired) electrons. The average molecular weight is 328 g/mol. The summed E-state index contributed by atoms with van der Waals surface area (Å²) in [5, 5.41) is 0.716. The van der Waals surface area contributed by atoms with Gasteiger partial charge in [-0.25, -0.2) is 4.39 Å². The summed E-state index contributed by atoms with van der Waals surface area (Å²) in [5.74, 6) is -0.176. The molecule has 0 bridgehead atoms. The lowest BCUT2D eigenvalue weighted by Gasteiger charge is -2.13. The van der Waals surface area contributed by atoms with Crippen molar-refractivity contribution in [3.63, 3.8) is 0 Å². The zero-order valence-corrected chi connectivity index (χ0v) is 12.3. The van der Waals surface area contributed by atoms with Crippen LogP contribution in [0, 0.1) is 12.7 Å². The molecule has 0 saturated carbocycles. The second-order valence-electron chi connectivity index (χ2n) is 4.29. The predicted octanol–water partition coefficient (Wildman–Crippen LogP) is 5.47. The Balaban J connectivity index is 2.22. The largest absolute Gasteiger partial charge is 0.207 e. The molecule has 0 aromatic heterocycles. The van der Waals surface area contributed by atoms with Crippen molar-refractivity contribution in [2.75, 3.05) is 0 Å². The highest BCUT2D eigenvalue weighted by Gasteiger charge is 2.14. The van der Waals surface area contributed by atoms with Crippen molar-refractivity contribution in [2.24, 2.45) is 0 Å². The highest BCUT2D eigenvalue weighted by atomic mass is 79.9. The van der Waals surface area contributed by atoms with Gasteiger partial charge >= 0.3 is 0 Å². The third-order valence-electron chi connectivity index (χ3n) is 2.85. The lowest BCUT2D eigenvalue weighted by atomic mass is 10.0. The van der Waals surface area contributed by atoms with Gasteiger partial charge in [0.25, 0.3) is 0 Å². The molecule has 0 fully saturated rings. The summed E-state index contributed by atoms with van der Waals surface area (Å²) in [6, 6.07) is 12.7. The summed E-state index contributed by atoms with van der Waals surface area (Å²) in [7, 11) is 0. The van der Waals surface area contributed by atoms with Gasteiger partial charge in [0.2, 0.25) is 0 Å². The van der Waals surface area contributed by atoms with Crippen LogP contribution in [0.15, 0.2) is 42.5 Å². The second-order valence-corrected chi connectivity index (χ2v) is 5.80. The summed E-state index contributed by atoms with van der Waals surface area (Å²) in [6.07, 6.45) is 0.579. The molecule has 0 spiro atoms. The third kappa shape index (κ3) is 3.12. The number of benzene rings is 2. The smallest absolute Gasteiger partial charge is 0.126 e. The van der Waals surface area contributed by atoms with Gasteiger partial charge in [0.05, 0.1) is 0 Å². The number of halogens is 3. The van der Waals surface area contributed by atoms with Gasteiger partial charge < -0.3 is 0 Å². The maximum Gasteiger partial charge on any atom is 0.126 e. The number of aryl methyl sites for hydroxylation is 1. The Hall–Kier alpha value is -0.860. The normalized spacial score (nSPS) is 12.4. The molecule has 0 heterocycles. The van der Waals surface area contributed by atoms with Crippen LogP contribution < -0.4 is 0 Å². The van der Waals surface area contributed by atoms with E-state index in [0.717, 1.165) is 11.1 Å². The minimum Gasteiger partial charge on any atom is -0.207 e. The summed E-state index contributed by atoms with van der Waals surface area (Å²) in [6.45, 7) is 2.00. The first-order valence-electron chi connectivity index (χ1n) is 5.71. The van der Waals surface area contributed by atoms with E-state index < -0.39 is 0 Å². The van der Waals surface area contributed by atoms with E-state index in [-0.39, 0.29) is 10.6 Å². The Morgan fingerprint density at radius 2 is 1.94 bits per heavy atom. The molecule has 18 heavy (non-hydrogen) atoms. The molecule has 3 heteroatoms. The van der Waals surface area contributed by atoms with Crippen LogP contribution in [0.2, 0.25) is 5.02 Å². The van der Waals surface area contributed by atoms with Gasteiger partial charge in [0.1, 0.15) is 5.82 Å². The topological polar surface area (TPSA) is 0 Å². The lowest BCUT2D eigenvalue weighted by Crippen LogP contribution is -1.99. The van der Waals surface area contributed by atoms with E-state index in [2.05, 4.69) is 15.9 Å². The minimum absolute atomic E-state index is 0.0162. The molecule has 0 aliphatic rings. The van der Waals surface area contributed by atoms with Gasteiger partial charge in [-0.05, 0) is 42.2 Å². The highest BCUT2D eigenvalue weighted by Crippen LogP contribution is 2.33. The van der Waals surface area contributed by atoms with E-state index in [9.17, 15) is 4.39 Å². The van der Waals surface area contributed by atoms with Gasteiger partial charge in [0, 0.05) is 9.85 Å². The first-order valence-corrected chi connectivity index (χ1v) is 7.01. The van der Waals surface area contributed by atoms with E-state index in [1.165, 1.54) is 6.07 Å². The first kappa shape index (κ1) is 13.6. The molecule has 0 amide bonds. The Bertz CT molecular complexity index is 554. The van der Waals surface area contributed by atoms with Gasteiger partial charge in [-0.1, -0.05) is 57.9 Å². The highest BCUT2D eigenvalue weighted by molar-refractivity contribution is 9.09. The molecule has 0 aliphatic heterocycles. The lowest BCUT2D eigenvalue weighted by molar-refractivity contribution is 0.608. The molecule has 1 atom stereocenters. The molecule has 2 aromatic rings. The van der Waals surface area contributed by atoms with Crippen LogP contribution in [-0.2, 0) is 6.42 Å². The van der Waals surface area contributed by atoms with E-state index in [1.54, 1.807) is 12.1 Å². The van der Waals surface area contributed by atoms with Gasteiger partial charge in [-0.2, -0.15) is 0 Å². The maximum absolute atomic E-state index is 13.6. The molecule has 94 valence electrons. The molecular weight excluding hydrogens is 315 g/mol. The molecule has 2 aromatic carbocycles. The Labute approximate surface area is 120 Å². The van der Waals surface area contributed by atoms with Crippen molar-refractivity contribution < 1.29 is 4.39 Å². The van der Waals surface area contributed by atoms with E-state index in [4.69, 9.17) is 11.6 Å². The standard InChI is InChI=1S/C15H13BrClF/c1-10-6-7-12(14(17)8-10)13(16)9-11-4-2-3-5-15(11)18/h2-8,13H,9H2,1H3. The van der Waals surface area contributed by atoms with Crippen LogP contribution in [-0.4, -0.2) is 0 Å². The second kappa shape index (κ2) is 5.85. The minimum atomic E-state index is -0.176. The predicted molar refractivity (Wildman–Crippen MR) is 78.0 cm³/mol. The number of alkyl halides is 1. The van der Waals surface area contributed by atoms with Gasteiger partial charge in [-0.3, -0.25) is 0 Å². The van der Waals surface area contributed by atoms with Crippen molar-refractivity contribution in [3.8, 4) is 0 Å². The summed E-state index contributed by atoms with van der Waals surface area (Å²) in [5.41, 5.74) is 2.80. The number of hydrogen-bond acceptors (Lipinski definition) is 0. The number of rotatable bonds is 3. The third-order valence-corrected chi connectivity index (χ3v) is 3.99. The van der Waals surface area contributed by atoms with Crippen LogP contribution in [0.25, 0.3) is 0 Å². The number of hydrogen-bond donors (Lipinski definition) is 0. The average Bonchev–Trinajstić information content (AvgIpc) is 2.32. The fourth-order valence-corrected chi connectivity index (χ4v) is 3.10. The summed E-state index contributed by atoms with van der Waals surface area (Å²) >= 11 is 9.79. The zero-order chi connectivity index (χ0) is 13.1. The van der Waals surface area contributed by atoms with Crippen molar-refractivity contribution in [3.05, 3.63) is 70.0 Å². The van der Waals surface area contributed by atoms with Crippen LogP contribution in [0.5, 0.6) is 0 Å². The van der Waals surface area contributed by atoms with E-state index in [0.29, 0.717) is 17.0 Å². The fraction of sp³-hybridized carbons (Fsp3) is 0.200. The van der Waals surface area contributed by atoms with Crippen LogP contribution in [0.4, 0.5) is 4.39 Å². The fourth-order valence-electron chi connectivity index (χ4n) is 1.85. The Kier molecular flexibility index (Phi) is 4.41. The molecule has 2 rings (SSSR count). The zero-order valence-electron chi connectivity index (χ0n) is 9.96. The molecular formula is C15H13BrClF. The summed E-state index contributed by atoms with van der Waals surface area (Å²) in [4.78, 5) is 0.0162.